The van der Waals surface area contributed by atoms with Crippen LogP contribution in [0.25, 0.3) is 0 Å². The minimum absolute atomic E-state index is 0.0137. The lowest BCUT2D eigenvalue weighted by Crippen LogP contribution is -2.64. The average Bonchev–Trinajstić information content (AvgIpc) is 2.60. The molecule has 1 aliphatic rings. The van der Waals surface area contributed by atoms with Crippen LogP contribution in [0.4, 0.5) is 42.5 Å². The highest BCUT2D eigenvalue weighted by Gasteiger charge is 2.67. The molecule has 1 aromatic carbocycles. The summed E-state index contributed by atoms with van der Waals surface area (Å²) in [6.45, 7) is 2.94. The third-order valence-corrected chi connectivity index (χ3v) is 4.01. The topological polar surface area (TPSA) is 89.9 Å². The van der Waals surface area contributed by atoms with E-state index in [-0.39, 0.29) is 11.9 Å². The van der Waals surface area contributed by atoms with Gasteiger partial charge in [-0.2, -0.15) is 26.3 Å². The number of hydrogen-bond acceptors (Lipinski definition) is 4. The fourth-order valence-electron chi connectivity index (χ4n) is 2.54. The number of amides is 1. The molecule has 1 aliphatic heterocycles. The summed E-state index contributed by atoms with van der Waals surface area (Å²) in [5, 5.41) is 21.6. The van der Waals surface area contributed by atoms with E-state index in [1.807, 2.05) is 0 Å². The minimum atomic E-state index is -5.97. The van der Waals surface area contributed by atoms with Gasteiger partial charge in [0.15, 0.2) is 0 Å². The molecule has 3 N–H and O–H groups in total. The predicted octanol–water partition coefficient (Wildman–Crippen LogP) is 3.48. The van der Waals surface area contributed by atoms with E-state index in [2.05, 4.69) is 5.32 Å². The van der Waals surface area contributed by atoms with Crippen molar-refractivity contribution in [3.63, 3.8) is 0 Å². The van der Waals surface area contributed by atoms with E-state index in [9.17, 15) is 46.1 Å². The number of nitrogens with one attached hydrogen (secondary N) is 1. The molecule has 1 aromatic rings. The van der Waals surface area contributed by atoms with Crippen molar-refractivity contribution in [2.75, 3.05) is 10.2 Å². The molecule has 1 amide bonds. The molecule has 0 fully saturated rings. The van der Waals surface area contributed by atoms with Gasteiger partial charge in [0, 0.05) is 6.20 Å². The van der Waals surface area contributed by atoms with Crippen molar-refractivity contribution in [1.82, 2.24) is 0 Å². The summed E-state index contributed by atoms with van der Waals surface area (Å²) in [7, 11) is 0. The van der Waals surface area contributed by atoms with Crippen LogP contribution in [-0.2, 0) is 4.79 Å². The Balaban J connectivity index is 2.91. The van der Waals surface area contributed by atoms with Gasteiger partial charge in [-0.15, -0.1) is 0 Å². The molecule has 1 atom stereocenters. The number of carbonyl (C=O) groups excluding carboxylic acids is 1. The van der Waals surface area contributed by atoms with Crippen LogP contribution in [0, 0.1) is 13.8 Å². The number of aliphatic hydroxyl groups is 1. The van der Waals surface area contributed by atoms with E-state index < -0.39 is 46.1 Å². The van der Waals surface area contributed by atoms with Gasteiger partial charge in [0.1, 0.15) is 0 Å². The lowest BCUT2D eigenvalue weighted by atomic mass is 9.96. The first kappa shape index (κ1) is 20.6. The number of rotatable bonds is 1. The number of ketones is 1. The third-order valence-electron chi connectivity index (χ3n) is 4.01. The van der Waals surface area contributed by atoms with Gasteiger partial charge < -0.3 is 15.5 Å². The van der Waals surface area contributed by atoms with E-state index in [0.29, 0.717) is 11.1 Å². The van der Waals surface area contributed by atoms with Crippen molar-refractivity contribution >= 4 is 23.3 Å². The number of fused-ring (bicyclic) bond motifs is 1. The van der Waals surface area contributed by atoms with Gasteiger partial charge in [0.05, 0.1) is 16.9 Å². The highest BCUT2D eigenvalue weighted by atomic mass is 19.4. The lowest BCUT2D eigenvalue weighted by molar-refractivity contribution is -0.243. The molecule has 0 saturated heterocycles. The Morgan fingerprint density at radius 3 is 2.04 bits per heavy atom. The smallest absolute Gasteiger partial charge is 0.454 e. The fourth-order valence-corrected chi connectivity index (χ4v) is 2.54. The number of hydrogen-bond donors (Lipinski definition) is 3. The van der Waals surface area contributed by atoms with Crippen molar-refractivity contribution in [2.45, 2.75) is 31.9 Å². The summed E-state index contributed by atoms with van der Waals surface area (Å²) in [4.78, 5) is 22.4. The van der Waals surface area contributed by atoms with Crippen LogP contribution in [0.3, 0.4) is 0 Å². The molecule has 1 heterocycles. The Labute approximate surface area is 147 Å². The zero-order valence-corrected chi connectivity index (χ0v) is 13.7. The standard InChI is InChI=1S/C15H12F6N2O4/c1-6-3-9-10(4-7(6)2)23(12(25)26)13(27,15(19,20)21)8(5-22-9)11(24)14(16,17)18/h3-5,22,27H,1-2H3,(H,25,26). The molecular weight excluding hydrogens is 386 g/mol. The van der Waals surface area contributed by atoms with Gasteiger partial charge in [0.2, 0.25) is 0 Å². The Bertz CT molecular complexity index is 846. The maximum Gasteiger partial charge on any atom is 0.454 e. The molecule has 148 valence electrons. The molecular formula is C15H12F6N2O4. The zero-order valence-electron chi connectivity index (χ0n) is 13.7. The van der Waals surface area contributed by atoms with Gasteiger partial charge in [-0.05, 0) is 37.1 Å². The van der Waals surface area contributed by atoms with Crippen molar-refractivity contribution < 1.29 is 46.1 Å². The number of nitrogens with zero attached hydrogens (tertiary/aromatic N) is 1. The third kappa shape index (κ3) is 3.20. The summed E-state index contributed by atoms with van der Waals surface area (Å²) in [6.07, 6.45) is -14.2. The maximum absolute atomic E-state index is 13.6. The van der Waals surface area contributed by atoms with Crippen LogP contribution in [0.15, 0.2) is 23.9 Å². The summed E-state index contributed by atoms with van der Waals surface area (Å²) < 4.78 is 79.4. The normalized spacial score (nSPS) is 20.3. The second kappa shape index (κ2) is 6.15. The van der Waals surface area contributed by atoms with Crippen molar-refractivity contribution in [3.05, 3.63) is 35.0 Å². The zero-order chi connectivity index (χ0) is 20.9. The molecule has 0 aromatic heterocycles. The number of alkyl halides is 6. The van der Waals surface area contributed by atoms with Gasteiger partial charge in [-0.3, -0.25) is 4.79 Å². The number of anilines is 2. The maximum atomic E-state index is 13.6. The predicted molar refractivity (Wildman–Crippen MR) is 80.2 cm³/mol. The molecule has 1 unspecified atom stereocenters. The molecule has 0 spiro atoms. The van der Waals surface area contributed by atoms with Crippen LogP contribution in [-0.4, -0.2) is 40.2 Å². The van der Waals surface area contributed by atoms with Gasteiger partial charge >= 0.3 is 18.4 Å². The largest absolute Gasteiger partial charge is 0.465 e. The van der Waals surface area contributed by atoms with E-state index in [1.165, 1.54) is 19.9 Å². The number of halogens is 6. The van der Waals surface area contributed by atoms with E-state index in [4.69, 9.17) is 0 Å². The Morgan fingerprint density at radius 2 is 1.59 bits per heavy atom. The van der Waals surface area contributed by atoms with Gasteiger partial charge in [-0.25, -0.2) is 9.69 Å². The van der Waals surface area contributed by atoms with E-state index >= 15 is 0 Å². The van der Waals surface area contributed by atoms with Gasteiger partial charge in [0.25, 0.3) is 11.5 Å². The van der Waals surface area contributed by atoms with E-state index in [0.717, 1.165) is 6.07 Å². The van der Waals surface area contributed by atoms with Crippen LogP contribution < -0.4 is 10.2 Å². The van der Waals surface area contributed by atoms with Crippen molar-refractivity contribution in [1.29, 1.82) is 0 Å². The second-order valence-corrected chi connectivity index (χ2v) is 5.77. The highest BCUT2D eigenvalue weighted by molar-refractivity contribution is 6.06. The number of Topliss-reactive ketones (excluding diaryl/α,β-unsaturated/α-hetero) is 1. The van der Waals surface area contributed by atoms with Crippen LogP contribution in [0.2, 0.25) is 0 Å². The molecule has 12 heteroatoms. The summed E-state index contributed by atoms with van der Waals surface area (Å²) in [5.74, 6) is -3.04. The monoisotopic (exact) mass is 398 g/mol. The Kier molecular flexibility index (Phi) is 4.68. The quantitative estimate of drug-likeness (QED) is 0.631. The number of carboxylic acid groups (broad SMARTS) is 1. The number of carbonyl (C=O) groups is 2. The molecule has 0 saturated carbocycles. The van der Waals surface area contributed by atoms with Crippen LogP contribution in [0.1, 0.15) is 11.1 Å². The molecule has 6 nitrogen and oxygen atoms in total. The van der Waals surface area contributed by atoms with Crippen LogP contribution >= 0.6 is 0 Å². The second-order valence-electron chi connectivity index (χ2n) is 5.77. The molecule has 2 rings (SSSR count). The number of aryl methyl sites for hydroxylation is 2. The number of benzene rings is 1. The first-order valence-electron chi connectivity index (χ1n) is 7.14. The SMILES string of the molecule is Cc1cc2c(cc1C)N(C(=O)O)C(O)(C(F)(F)F)C(C(=O)C(F)(F)F)=CN2. The Morgan fingerprint density at radius 1 is 1.07 bits per heavy atom. The molecule has 0 radical (unpaired) electrons. The first-order valence-corrected chi connectivity index (χ1v) is 7.14. The molecule has 0 bridgehead atoms. The van der Waals surface area contributed by atoms with Gasteiger partial charge in [-0.1, -0.05) is 0 Å². The van der Waals surface area contributed by atoms with E-state index in [1.54, 1.807) is 0 Å². The molecule has 27 heavy (non-hydrogen) atoms. The fraction of sp³-hybridized carbons (Fsp3) is 0.333. The minimum Gasteiger partial charge on any atom is -0.465 e. The lowest BCUT2D eigenvalue weighted by Gasteiger charge is -2.39. The summed E-state index contributed by atoms with van der Waals surface area (Å²) in [5.41, 5.74) is -7.33. The van der Waals surface area contributed by atoms with Crippen LogP contribution in [0.5, 0.6) is 0 Å². The van der Waals surface area contributed by atoms with Crippen molar-refractivity contribution in [3.8, 4) is 0 Å². The Hall–Kier alpha value is -2.76. The highest BCUT2D eigenvalue weighted by Crippen LogP contribution is 2.47. The van der Waals surface area contributed by atoms with Crippen molar-refractivity contribution in [2.24, 2.45) is 0 Å². The summed E-state index contributed by atoms with van der Waals surface area (Å²) >= 11 is 0. The first-order chi connectivity index (χ1) is 12.1. The summed E-state index contributed by atoms with van der Waals surface area (Å²) in [6, 6.07) is 2.12. The molecule has 0 aliphatic carbocycles. The average molecular weight is 398 g/mol.